The summed E-state index contributed by atoms with van der Waals surface area (Å²) in [5.41, 5.74) is 2.29. The number of anilines is 1. The van der Waals surface area contributed by atoms with Crippen LogP contribution in [-0.2, 0) is 10.3 Å². The maximum Gasteiger partial charge on any atom is 0.337 e. The molecule has 0 bridgehead atoms. The summed E-state index contributed by atoms with van der Waals surface area (Å²) in [6.45, 7) is 9.24. The maximum atomic E-state index is 12.8. The van der Waals surface area contributed by atoms with E-state index in [9.17, 15) is 9.59 Å². The Morgan fingerprint density at radius 1 is 0.926 bits per heavy atom. The SMILES string of the molecule is COC(=O)c1ccc(N2CCN(C(=O)c3ccn(C(C)(C)C)c3)CC2)cc1. The molecule has 1 aliphatic rings. The van der Waals surface area contributed by atoms with Crippen molar-refractivity contribution in [3.05, 3.63) is 53.9 Å². The number of methoxy groups -OCH3 is 1. The third-order valence-electron chi connectivity index (χ3n) is 4.93. The van der Waals surface area contributed by atoms with Gasteiger partial charge in [-0.3, -0.25) is 4.79 Å². The number of ether oxygens (including phenoxy) is 1. The first-order valence-corrected chi connectivity index (χ1v) is 9.20. The standard InChI is InChI=1S/C21H27N3O3/c1-21(2,3)24-10-9-17(15-24)19(25)23-13-11-22(12-14-23)18-7-5-16(6-8-18)20(26)27-4/h5-10,15H,11-14H2,1-4H3. The van der Waals surface area contributed by atoms with Crippen molar-refractivity contribution >= 4 is 17.6 Å². The van der Waals surface area contributed by atoms with Crippen molar-refractivity contribution in [2.24, 2.45) is 0 Å². The molecule has 0 spiro atoms. The van der Waals surface area contributed by atoms with Crippen LogP contribution in [-0.4, -0.2) is 54.6 Å². The first-order valence-electron chi connectivity index (χ1n) is 9.20. The van der Waals surface area contributed by atoms with Crippen LogP contribution in [0.5, 0.6) is 0 Å². The summed E-state index contributed by atoms with van der Waals surface area (Å²) in [4.78, 5) is 28.4. The Bertz CT molecular complexity index is 810. The van der Waals surface area contributed by atoms with Crippen LogP contribution in [0, 0.1) is 0 Å². The van der Waals surface area contributed by atoms with Gasteiger partial charge in [-0.05, 0) is 51.1 Å². The molecule has 0 atom stereocenters. The Hall–Kier alpha value is -2.76. The van der Waals surface area contributed by atoms with Crippen LogP contribution in [0.3, 0.4) is 0 Å². The van der Waals surface area contributed by atoms with Gasteiger partial charge in [0.25, 0.3) is 5.91 Å². The Labute approximate surface area is 160 Å². The van der Waals surface area contributed by atoms with Crippen LogP contribution < -0.4 is 4.90 Å². The van der Waals surface area contributed by atoms with Gasteiger partial charge in [-0.15, -0.1) is 0 Å². The van der Waals surface area contributed by atoms with Gasteiger partial charge in [0, 0.05) is 49.8 Å². The smallest absolute Gasteiger partial charge is 0.337 e. The molecule has 6 heteroatoms. The summed E-state index contributed by atoms with van der Waals surface area (Å²) < 4.78 is 6.80. The highest BCUT2D eigenvalue weighted by atomic mass is 16.5. The van der Waals surface area contributed by atoms with E-state index in [1.54, 1.807) is 12.1 Å². The summed E-state index contributed by atoms with van der Waals surface area (Å²) in [7, 11) is 1.38. The number of benzene rings is 1. The third kappa shape index (κ3) is 4.15. The van der Waals surface area contributed by atoms with Crippen molar-refractivity contribution in [2.75, 3.05) is 38.2 Å². The zero-order chi connectivity index (χ0) is 19.6. The Morgan fingerprint density at radius 2 is 1.56 bits per heavy atom. The number of hydrogen-bond acceptors (Lipinski definition) is 4. The lowest BCUT2D eigenvalue weighted by atomic mass is 10.1. The second-order valence-corrected chi connectivity index (χ2v) is 7.80. The third-order valence-corrected chi connectivity index (χ3v) is 4.93. The summed E-state index contributed by atoms with van der Waals surface area (Å²) in [5, 5.41) is 0. The number of carbonyl (C=O) groups is 2. The lowest BCUT2D eigenvalue weighted by molar-refractivity contribution is 0.0600. The molecule has 144 valence electrons. The van der Waals surface area contributed by atoms with Crippen LogP contribution in [0.25, 0.3) is 0 Å². The van der Waals surface area contributed by atoms with Gasteiger partial charge in [0.05, 0.1) is 18.2 Å². The largest absolute Gasteiger partial charge is 0.465 e. The van der Waals surface area contributed by atoms with E-state index in [1.165, 1.54) is 7.11 Å². The van der Waals surface area contributed by atoms with Crippen molar-refractivity contribution in [2.45, 2.75) is 26.3 Å². The zero-order valence-electron chi connectivity index (χ0n) is 16.4. The second kappa shape index (κ2) is 7.47. The van der Waals surface area contributed by atoms with E-state index in [-0.39, 0.29) is 17.4 Å². The number of amides is 1. The first kappa shape index (κ1) is 19.0. The highest BCUT2D eigenvalue weighted by Crippen LogP contribution is 2.20. The van der Waals surface area contributed by atoms with Gasteiger partial charge in [0.1, 0.15) is 0 Å². The molecule has 1 fully saturated rings. The molecular weight excluding hydrogens is 342 g/mol. The van der Waals surface area contributed by atoms with Crippen LogP contribution in [0.4, 0.5) is 5.69 Å². The van der Waals surface area contributed by atoms with E-state index in [0.29, 0.717) is 18.7 Å². The summed E-state index contributed by atoms with van der Waals surface area (Å²) in [6, 6.07) is 9.29. The maximum absolute atomic E-state index is 12.8. The van der Waals surface area contributed by atoms with Crippen molar-refractivity contribution < 1.29 is 14.3 Å². The predicted molar refractivity (Wildman–Crippen MR) is 105 cm³/mol. The molecule has 0 N–H and O–H groups in total. The molecule has 0 radical (unpaired) electrons. The van der Waals surface area contributed by atoms with Crippen molar-refractivity contribution in [1.82, 2.24) is 9.47 Å². The van der Waals surface area contributed by atoms with E-state index in [1.807, 2.05) is 35.5 Å². The molecule has 2 heterocycles. The highest BCUT2D eigenvalue weighted by Gasteiger charge is 2.24. The fraction of sp³-hybridized carbons (Fsp3) is 0.429. The number of piperazine rings is 1. The predicted octanol–water partition coefficient (Wildman–Crippen LogP) is 2.99. The van der Waals surface area contributed by atoms with Gasteiger partial charge in [0.15, 0.2) is 0 Å². The fourth-order valence-corrected chi connectivity index (χ4v) is 3.22. The molecule has 0 unspecified atom stereocenters. The molecule has 1 aromatic carbocycles. The monoisotopic (exact) mass is 369 g/mol. The number of aromatic nitrogens is 1. The Kier molecular flexibility index (Phi) is 5.26. The average Bonchev–Trinajstić information content (AvgIpc) is 3.18. The molecule has 1 aromatic heterocycles. The quantitative estimate of drug-likeness (QED) is 0.781. The van der Waals surface area contributed by atoms with Crippen molar-refractivity contribution in [3.63, 3.8) is 0 Å². The molecule has 1 saturated heterocycles. The Morgan fingerprint density at radius 3 is 2.07 bits per heavy atom. The van der Waals surface area contributed by atoms with Gasteiger partial charge in [-0.1, -0.05) is 0 Å². The van der Waals surface area contributed by atoms with Gasteiger partial charge in [0.2, 0.25) is 0 Å². The topological polar surface area (TPSA) is 54.8 Å². The minimum Gasteiger partial charge on any atom is -0.465 e. The van der Waals surface area contributed by atoms with Gasteiger partial charge in [-0.25, -0.2) is 4.79 Å². The first-order chi connectivity index (χ1) is 12.8. The summed E-state index contributed by atoms with van der Waals surface area (Å²) >= 11 is 0. The molecule has 1 aliphatic heterocycles. The Balaban J connectivity index is 1.60. The summed E-state index contributed by atoms with van der Waals surface area (Å²) in [5.74, 6) is -0.252. The van der Waals surface area contributed by atoms with E-state index in [2.05, 4.69) is 30.2 Å². The molecule has 0 saturated carbocycles. The highest BCUT2D eigenvalue weighted by molar-refractivity contribution is 5.94. The van der Waals surface area contributed by atoms with Gasteiger partial charge in [-0.2, -0.15) is 0 Å². The number of nitrogens with zero attached hydrogens (tertiary/aromatic N) is 3. The fourth-order valence-electron chi connectivity index (χ4n) is 3.22. The molecule has 27 heavy (non-hydrogen) atoms. The number of rotatable bonds is 3. The minimum atomic E-state index is -0.334. The van der Waals surface area contributed by atoms with Crippen molar-refractivity contribution in [3.8, 4) is 0 Å². The van der Waals surface area contributed by atoms with Gasteiger partial charge >= 0.3 is 5.97 Å². The molecule has 1 amide bonds. The number of hydrogen-bond donors (Lipinski definition) is 0. The molecular formula is C21H27N3O3. The molecule has 2 aromatic rings. The summed E-state index contributed by atoms with van der Waals surface area (Å²) in [6.07, 6.45) is 3.90. The average molecular weight is 369 g/mol. The number of esters is 1. The van der Waals surface area contributed by atoms with Crippen molar-refractivity contribution in [1.29, 1.82) is 0 Å². The normalized spacial score (nSPS) is 15.0. The van der Waals surface area contributed by atoms with E-state index >= 15 is 0 Å². The van der Waals surface area contributed by atoms with E-state index in [0.717, 1.165) is 24.3 Å². The molecule has 3 rings (SSSR count). The van der Waals surface area contributed by atoms with E-state index in [4.69, 9.17) is 4.74 Å². The number of carbonyl (C=O) groups excluding carboxylic acids is 2. The molecule has 0 aliphatic carbocycles. The van der Waals surface area contributed by atoms with Crippen LogP contribution in [0.2, 0.25) is 0 Å². The van der Waals surface area contributed by atoms with Crippen LogP contribution >= 0.6 is 0 Å². The van der Waals surface area contributed by atoms with Crippen LogP contribution in [0.1, 0.15) is 41.5 Å². The lowest BCUT2D eigenvalue weighted by Crippen LogP contribution is -2.48. The van der Waals surface area contributed by atoms with Gasteiger partial charge < -0.3 is 19.1 Å². The second-order valence-electron chi connectivity index (χ2n) is 7.80. The molecule has 6 nitrogen and oxygen atoms in total. The minimum absolute atomic E-state index is 0.0341. The zero-order valence-corrected chi connectivity index (χ0v) is 16.4. The van der Waals surface area contributed by atoms with Crippen LogP contribution in [0.15, 0.2) is 42.7 Å². The van der Waals surface area contributed by atoms with E-state index < -0.39 is 0 Å². The lowest BCUT2D eigenvalue weighted by Gasteiger charge is -2.36.